The Morgan fingerprint density at radius 3 is 2.69 bits per heavy atom. The van der Waals surface area contributed by atoms with Gasteiger partial charge in [0.05, 0.1) is 10.4 Å². The fraction of sp³-hybridized carbons (Fsp3) is 0.0556. The first-order chi connectivity index (χ1) is 12.5. The van der Waals surface area contributed by atoms with Crippen LogP contribution >= 0.6 is 0 Å². The lowest BCUT2D eigenvalue weighted by atomic mass is 10.2. The number of para-hydroxylation sites is 1. The van der Waals surface area contributed by atoms with Crippen molar-refractivity contribution in [3.05, 3.63) is 76.5 Å². The minimum Gasteiger partial charge on any atom is -0.451 e. The second-order valence-corrected chi connectivity index (χ2v) is 5.32. The van der Waals surface area contributed by atoms with E-state index in [1.54, 1.807) is 18.2 Å². The SMILES string of the molecule is O=C(COC(=O)c1ccc2ccccc2n1)Nc1cccc([N+](=O)[O-])c1. The Balaban J connectivity index is 1.60. The number of carbonyl (C=O) groups is 2. The maximum atomic E-state index is 12.0. The van der Waals surface area contributed by atoms with Gasteiger partial charge >= 0.3 is 5.97 Å². The highest BCUT2D eigenvalue weighted by Gasteiger charge is 2.13. The fourth-order valence-corrected chi connectivity index (χ4v) is 2.28. The van der Waals surface area contributed by atoms with E-state index in [-0.39, 0.29) is 17.1 Å². The summed E-state index contributed by atoms with van der Waals surface area (Å²) in [5.41, 5.74) is 0.819. The number of hydrogen-bond donors (Lipinski definition) is 1. The maximum Gasteiger partial charge on any atom is 0.357 e. The molecule has 0 saturated carbocycles. The van der Waals surface area contributed by atoms with E-state index in [4.69, 9.17) is 4.74 Å². The molecular weight excluding hydrogens is 338 g/mol. The molecule has 2 aromatic carbocycles. The molecule has 0 atom stereocenters. The molecule has 3 rings (SSSR count). The van der Waals surface area contributed by atoms with Crippen molar-refractivity contribution in [1.29, 1.82) is 0 Å². The Hall–Kier alpha value is -3.81. The number of ether oxygens (including phenoxy) is 1. The molecule has 3 aromatic rings. The van der Waals surface area contributed by atoms with Gasteiger partial charge in [0.2, 0.25) is 0 Å². The van der Waals surface area contributed by atoms with Gasteiger partial charge in [0.15, 0.2) is 6.61 Å². The summed E-state index contributed by atoms with van der Waals surface area (Å²) in [6.45, 7) is -0.532. The molecule has 1 aromatic heterocycles. The van der Waals surface area contributed by atoms with E-state index in [2.05, 4.69) is 10.3 Å². The lowest BCUT2D eigenvalue weighted by Gasteiger charge is -2.07. The first kappa shape index (κ1) is 17.0. The highest BCUT2D eigenvalue weighted by Crippen LogP contribution is 2.17. The smallest absolute Gasteiger partial charge is 0.357 e. The number of carbonyl (C=O) groups excluding carboxylic acids is 2. The van der Waals surface area contributed by atoms with Gasteiger partial charge in [0, 0.05) is 23.2 Å². The van der Waals surface area contributed by atoms with Crippen LogP contribution in [0.25, 0.3) is 10.9 Å². The number of benzene rings is 2. The van der Waals surface area contributed by atoms with Crippen molar-refractivity contribution in [1.82, 2.24) is 4.98 Å². The molecule has 130 valence electrons. The number of amides is 1. The third kappa shape index (κ3) is 3.99. The molecule has 1 N–H and O–H groups in total. The molecule has 1 amide bonds. The molecule has 0 spiro atoms. The number of nitrogens with one attached hydrogen (secondary N) is 1. The average Bonchev–Trinajstić information content (AvgIpc) is 2.66. The van der Waals surface area contributed by atoms with Crippen LogP contribution in [0.1, 0.15) is 10.5 Å². The Labute approximate surface area is 147 Å². The summed E-state index contributed by atoms with van der Waals surface area (Å²) < 4.78 is 4.94. The first-order valence-electron chi connectivity index (χ1n) is 7.60. The summed E-state index contributed by atoms with van der Waals surface area (Å²) in [6.07, 6.45) is 0. The second kappa shape index (κ2) is 7.39. The highest BCUT2D eigenvalue weighted by molar-refractivity contribution is 5.96. The number of non-ortho nitro benzene ring substituents is 1. The number of aromatic nitrogens is 1. The first-order valence-corrected chi connectivity index (χ1v) is 7.60. The molecule has 8 heteroatoms. The average molecular weight is 351 g/mol. The van der Waals surface area contributed by atoms with Gasteiger partial charge in [0.25, 0.3) is 11.6 Å². The number of anilines is 1. The van der Waals surface area contributed by atoms with Gasteiger partial charge in [-0.3, -0.25) is 14.9 Å². The number of fused-ring (bicyclic) bond motifs is 1. The number of nitrogens with zero attached hydrogens (tertiary/aromatic N) is 2. The lowest BCUT2D eigenvalue weighted by molar-refractivity contribution is -0.384. The van der Waals surface area contributed by atoms with Gasteiger partial charge in [-0.25, -0.2) is 9.78 Å². The molecule has 8 nitrogen and oxygen atoms in total. The van der Waals surface area contributed by atoms with Crippen molar-refractivity contribution in [2.75, 3.05) is 11.9 Å². The topological polar surface area (TPSA) is 111 Å². The van der Waals surface area contributed by atoms with Crippen LogP contribution in [0.5, 0.6) is 0 Å². The van der Waals surface area contributed by atoms with Crippen molar-refractivity contribution >= 4 is 34.2 Å². The summed E-state index contributed by atoms with van der Waals surface area (Å²) in [4.78, 5) is 38.2. The zero-order valence-corrected chi connectivity index (χ0v) is 13.4. The summed E-state index contributed by atoms with van der Waals surface area (Å²) in [5.74, 6) is -1.34. The minimum atomic E-state index is -0.732. The molecule has 0 unspecified atom stereocenters. The molecular formula is C18H13N3O5. The molecule has 0 aliphatic rings. The van der Waals surface area contributed by atoms with Gasteiger partial charge in [-0.15, -0.1) is 0 Å². The van der Waals surface area contributed by atoms with E-state index < -0.39 is 23.4 Å². The van der Waals surface area contributed by atoms with Crippen LogP contribution in [-0.4, -0.2) is 28.4 Å². The van der Waals surface area contributed by atoms with Crippen LogP contribution in [-0.2, 0) is 9.53 Å². The van der Waals surface area contributed by atoms with E-state index in [1.165, 1.54) is 30.3 Å². The zero-order valence-electron chi connectivity index (χ0n) is 13.4. The van der Waals surface area contributed by atoms with Gasteiger partial charge in [-0.05, 0) is 18.2 Å². The maximum absolute atomic E-state index is 12.0. The predicted octanol–water partition coefficient (Wildman–Crippen LogP) is 2.94. The van der Waals surface area contributed by atoms with E-state index in [9.17, 15) is 19.7 Å². The fourth-order valence-electron chi connectivity index (χ4n) is 2.28. The summed E-state index contributed by atoms with van der Waals surface area (Å²) >= 11 is 0. The molecule has 0 aliphatic heterocycles. The standard InChI is InChI=1S/C18H13N3O5/c22-17(19-13-5-3-6-14(10-13)21(24)25)11-26-18(23)16-9-8-12-4-1-2-7-15(12)20-16/h1-10H,11H2,(H,19,22). The van der Waals surface area contributed by atoms with Gasteiger partial charge < -0.3 is 10.1 Å². The quantitative estimate of drug-likeness (QED) is 0.430. The number of rotatable bonds is 5. The molecule has 0 fully saturated rings. The Kier molecular flexibility index (Phi) is 4.84. The Morgan fingerprint density at radius 2 is 1.88 bits per heavy atom. The van der Waals surface area contributed by atoms with E-state index >= 15 is 0 Å². The van der Waals surface area contributed by atoms with Crippen molar-refractivity contribution in [3.8, 4) is 0 Å². The van der Waals surface area contributed by atoms with E-state index in [0.717, 1.165) is 5.39 Å². The monoisotopic (exact) mass is 351 g/mol. The van der Waals surface area contributed by atoms with Gasteiger partial charge in [-0.1, -0.05) is 30.3 Å². The molecule has 0 aliphatic carbocycles. The number of nitro groups is 1. The molecule has 0 bridgehead atoms. The van der Waals surface area contributed by atoms with Gasteiger partial charge in [-0.2, -0.15) is 0 Å². The second-order valence-electron chi connectivity index (χ2n) is 5.32. The van der Waals surface area contributed by atoms with Crippen molar-refractivity contribution in [3.63, 3.8) is 0 Å². The molecule has 26 heavy (non-hydrogen) atoms. The lowest BCUT2D eigenvalue weighted by Crippen LogP contribution is -2.21. The number of esters is 1. The van der Waals surface area contributed by atoms with Crippen LogP contribution < -0.4 is 5.32 Å². The normalized spacial score (nSPS) is 10.3. The van der Waals surface area contributed by atoms with Gasteiger partial charge in [0.1, 0.15) is 5.69 Å². The molecule has 1 heterocycles. The zero-order chi connectivity index (χ0) is 18.5. The Bertz CT molecular complexity index is 1000. The summed E-state index contributed by atoms with van der Waals surface area (Å²) in [6, 6.07) is 16.0. The highest BCUT2D eigenvalue weighted by atomic mass is 16.6. The van der Waals surface area contributed by atoms with Crippen molar-refractivity contribution < 1.29 is 19.2 Å². The van der Waals surface area contributed by atoms with Crippen molar-refractivity contribution in [2.45, 2.75) is 0 Å². The van der Waals surface area contributed by atoms with E-state index in [1.807, 2.05) is 12.1 Å². The van der Waals surface area contributed by atoms with Crippen LogP contribution in [0.4, 0.5) is 11.4 Å². The van der Waals surface area contributed by atoms with Crippen LogP contribution in [0, 0.1) is 10.1 Å². The third-order valence-electron chi connectivity index (χ3n) is 3.48. The predicted molar refractivity (Wildman–Crippen MR) is 93.8 cm³/mol. The van der Waals surface area contributed by atoms with Crippen LogP contribution in [0.2, 0.25) is 0 Å². The summed E-state index contributed by atoms with van der Waals surface area (Å²) in [7, 11) is 0. The number of pyridine rings is 1. The van der Waals surface area contributed by atoms with E-state index in [0.29, 0.717) is 5.52 Å². The molecule has 0 radical (unpaired) electrons. The largest absolute Gasteiger partial charge is 0.451 e. The van der Waals surface area contributed by atoms with Crippen LogP contribution in [0.3, 0.4) is 0 Å². The molecule has 0 saturated heterocycles. The Morgan fingerprint density at radius 1 is 1.08 bits per heavy atom. The number of nitro benzene ring substituents is 1. The van der Waals surface area contributed by atoms with Crippen molar-refractivity contribution in [2.24, 2.45) is 0 Å². The minimum absolute atomic E-state index is 0.0897. The third-order valence-corrected chi connectivity index (χ3v) is 3.48. The van der Waals surface area contributed by atoms with Crippen LogP contribution in [0.15, 0.2) is 60.7 Å². The number of hydrogen-bond acceptors (Lipinski definition) is 6. The summed E-state index contributed by atoms with van der Waals surface area (Å²) in [5, 5.41) is 14.0.